The zero-order valence-corrected chi connectivity index (χ0v) is 14.8. The monoisotopic (exact) mass is 371 g/mol. The molecule has 4 heteroatoms. The Hall–Kier alpha value is -2.07. The summed E-state index contributed by atoms with van der Waals surface area (Å²) in [7, 11) is 0. The summed E-state index contributed by atoms with van der Waals surface area (Å²) < 4.78 is 6.85. The SMILES string of the molecule is C=C(CC)CN1C(=O)c2cc(C)cc(Br)c2Oc2ccccc21. The number of fused-ring (bicyclic) bond motifs is 2. The fraction of sp³-hybridized carbons (Fsp3) is 0.211. The van der Waals surface area contributed by atoms with Crippen molar-refractivity contribution in [1.29, 1.82) is 0 Å². The van der Waals surface area contributed by atoms with E-state index in [-0.39, 0.29) is 5.91 Å². The summed E-state index contributed by atoms with van der Waals surface area (Å²) in [5.74, 6) is 1.18. The Morgan fingerprint density at radius 1 is 1.30 bits per heavy atom. The molecular weight excluding hydrogens is 354 g/mol. The molecule has 0 saturated carbocycles. The van der Waals surface area contributed by atoms with E-state index in [1.807, 2.05) is 50.2 Å². The number of para-hydroxylation sites is 2. The molecule has 118 valence electrons. The zero-order valence-electron chi connectivity index (χ0n) is 13.2. The normalized spacial score (nSPS) is 13.0. The number of anilines is 1. The van der Waals surface area contributed by atoms with Crippen molar-refractivity contribution in [3.8, 4) is 11.5 Å². The molecule has 0 aromatic heterocycles. The number of aryl methyl sites for hydroxylation is 1. The van der Waals surface area contributed by atoms with Crippen molar-refractivity contribution >= 4 is 27.5 Å². The molecule has 1 aliphatic rings. The fourth-order valence-electron chi connectivity index (χ4n) is 2.62. The van der Waals surface area contributed by atoms with Gasteiger partial charge >= 0.3 is 0 Å². The summed E-state index contributed by atoms with van der Waals surface area (Å²) in [5.41, 5.74) is 3.35. The van der Waals surface area contributed by atoms with Gasteiger partial charge in [0.2, 0.25) is 0 Å². The molecule has 0 bridgehead atoms. The summed E-state index contributed by atoms with van der Waals surface area (Å²) in [6, 6.07) is 11.4. The Labute approximate surface area is 144 Å². The molecule has 3 nitrogen and oxygen atoms in total. The predicted molar refractivity (Wildman–Crippen MR) is 96.5 cm³/mol. The van der Waals surface area contributed by atoms with Gasteiger partial charge in [0.1, 0.15) is 0 Å². The minimum absolute atomic E-state index is 0.0658. The number of hydrogen-bond acceptors (Lipinski definition) is 2. The summed E-state index contributed by atoms with van der Waals surface area (Å²) >= 11 is 3.52. The van der Waals surface area contributed by atoms with Crippen LogP contribution in [-0.2, 0) is 0 Å². The van der Waals surface area contributed by atoms with Crippen LogP contribution >= 0.6 is 15.9 Å². The molecule has 0 saturated heterocycles. The summed E-state index contributed by atoms with van der Waals surface area (Å²) in [5, 5.41) is 0. The smallest absolute Gasteiger partial charge is 0.262 e. The number of carbonyl (C=O) groups excluding carboxylic acids is 1. The Bertz CT molecular complexity index is 798. The maximum Gasteiger partial charge on any atom is 0.262 e. The first-order valence-corrected chi connectivity index (χ1v) is 8.36. The summed E-state index contributed by atoms with van der Waals surface area (Å²) in [6.07, 6.45) is 0.831. The van der Waals surface area contributed by atoms with Gasteiger partial charge in [-0.3, -0.25) is 4.79 Å². The van der Waals surface area contributed by atoms with Gasteiger partial charge in [-0.1, -0.05) is 31.2 Å². The topological polar surface area (TPSA) is 29.5 Å². The van der Waals surface area contributed by atoms with Crippen molar-refractivity contribution < 1.29 is 9.53 Å². The predicted octanol–water partition coefficient (Wildman–Crippen LogP) is 5.48. The lowest BCUT2D eigenvalue weighted by molar-refractivity contribution is 0.0989. The van der Waals surface area contributed by atoms with Crippen LogP contribution < -0.4 is 9.64 Å². The van der Waals surface area contributed by atoms with Crippen LogP contribution in [0.25, 0.3) is 0 Å². The van der Waals surface area contributed by atoms with E-state index in [2.05, 4.69) is 22.5 Å². The van der Waals surface area contributed by atoms with Crippen LogP contribution in [0.1, 0.15) is 29.3 Å². The van der Waals surface area contributed by atoms with Gasteiger partial charge in [0.15, 0.2) is 11.5 Å². The molecule has 1 heterocycles. The van der Waals surface area contributed by atoms with Gasteiger partial charge in [-0.25, -0.2) is 0 Å². The van der Waals surface area contributed by atoms with Crippen LogP contribution in [0.4, 0.5) is 5.69 Å². The quantitative estimate of drug-likeness (QED) is 0.668. The first-order chi connectivity index (χ1) is 11.0. The van der Waals surface area contributed by atoms with Crippen LogP contribution in [0.2, 0.25) is 0 Å². The van der Waals surface area contributed by atoms with E-state index >= 15 is 0 Å². The number of amides is 1. The van der Waals surface area contributed by atoms with Gasteiger partial charge < -0.3 is 9.64 Å². The maximum absolute atomic E-state index is 13.1. The molecule has 0 atom stereocenters. The van der Waals surface area contributed by atoms with E-state index in [1.54, 1.807) is 4.90 Å². The number of benzene rings is 2. The molecule has 2 aromatic carbocycles. The molecule has 23 heavy (non-hydrogen) atoms. The summed E-state index contributed by atoms with van der Waals surface area (Å²) in [6.45, 7) is 8.55. The van der Waals surface area contributed by atoms with Crippen LogP contribution in [0.15, 0.2) is 53.0 Å². The van der Waals surface area contributed by atoms with Gasteiger partial charge in [0.05, 0.1) is 15.7 Å². The number of nitrogens with zero attached hydrogens (tertiary/aromatic N) is 1. The highest BCUT2D eigenvalue weighted by Gasteiger charge is 2.29. The maximum atomic E-state index is 13.1. The highest BCUT2D eigenvalue weighted by atomic mass is 79.9. The second kappa shape index (κ2) is 6.20. The Balaban J connectivity index is 2.20. The first-order valence-electron chi connectivity index (χ1n) is 7.56. The minimum Gasteiger partial charge on any atom is -0.453 e. The molecule has 1 amide bonds. The number of halogens is 1. The molecule has 0 radical (unpaired) electrons. The average Bonchev–Trinajstić information content (AvgIpc) is 2.64. The lowest BCUT2D eigenvalue weighted by atomic mass is 10.1. The van der Waals surface area contributed by atoms with Crippen LogP contribution in [0, 0.1) is 6.92 Å². The molecule has 0 N–H and O–H groups in total. The molecule has 2 aromatic rings. The zero-order chi connectivity index (χ0) is 16.6. The second-order valence-electron chi connectivity index (χ2n) is 5.69. The van der Waals surface area contributed by atoms with Crippen molar-refractivity contribution in [2.75, 3.05) is 11.4 Å². The molecule has 0 unspecified atom stereocenters. The van der Waals surface area contributed by atoms with Crippen LogP contribution in [0.3, 0.4) is 0 Å². The lowest BCUT2D eigenvalue weighted by Gasteiger charge is -2.22. The van der Waals surface area contributed by atoms with Crippen LogP contribution in [0.5, 0.6) is 11.5 Å². The number of hydrogen-bond donors (Lipinski definition) is 0. The third kappa shape index (κ3) is 2.91. The number of ether oxygens (including phenoxy) is 1. The molecular formula is C19H18BrNO2. The molecule has 1 aliphatic heterocycles. The van der Waals surface area contributed by atoms with E-state index in [9.17, 15) is 4.79 Å². The van der Waals surface area contributed by atoms with Crippen molar-refractivity contribution in [2.45, 2.75) is 20.3 Å². The molecule has 0 aliphatic carbocycles. The number of rotatable bonds is 3. The Kier molecular flexibility index (Phi) is 4.26. The second-order valence-corrected chi connectivity index (χ2v) is 6.54. The minimum atomic E-state index is -0.0658. The van der Waals surface area contributed by atoms with Gasteiger partial charge in [-0.2, -0.15) is 0 Å². The first kappa shape index (κ1) is 15.8. The summed E-state index contributed by atoms with van der Waals surface area (Å²) in [4.78, 5) is 14.9. The average molecular weight is 372 g/mol. The van der Waals surface area contributed by atoms with E-state index in [0.29, 0.717) is 23.6 Å². The van der Waals surface area contributed by atoms with Crippen molar-refractivity contribution in [3.63, 3.8) is 0 Å². The van der Waals surface area contributed by atoms with Crippen molar-refractivity contribution in [3.05, 3.63) is 64.1 Å². The van der Waals surface area contributed by atoms with E-state index < -0.39 is 0 Å². The Morgan fingerprint density at radius 2 is 2.04 bits per heavy atom. The molecule has 0 spiro atoms. The fourth-order valence-corrected chi connectivity index (χ4v) is 3.27. The lowest BCUT2D eigenvalue weighted by Crippen LogP contribution is -2.32. The third-order valence-corrected chi connectivity index (χ3v) is 4.50. The van der Waals surface area contributed by atoms with Crippen molar-refractivity contribution in [2.24, 2.45) is 0 Å². The standard InChI is InChI=1S/C19H18BrNO2/c1-4-12(2)11-21-16-7-5-6-8-17(16)23-18-14(19(21)22)9-13(3)10-15(18)20/h5-10H,2,4,11H2,1,3H3. The highest BCUT2D eigenvalue weighted by Crippen LogP contribution is 2.42. The largest absolute Gasteiger partial charge is 0.453 e. The van der Waals surface area contributed by atoms with E-state index in [1.165, 1.54) is 0 Å². The molecule has 3 rings (SSSR count). The Morgan fingerprint density at radius 3 is 2.78 bits per heavy atom. The van der Waals surface area contributed by atoms with E-state index in [0.717, 1.165) is 27.7 Å². The van der Waals surface area contributed by atoms with Gasteiger partial charge in [0.25, 0.3) is 5.91 Å². The van der Waals surface area contributed by atoms with Gasteiger partial charge in [-0.15, -0.1) is 0 Å². The van der Waals surface area contributed by atoms with Gasteiger partial charge in [-0.05, 0) is 59.1 Å². The third-order valence-electron chi connectivity index (χ3n) is 3.91. The van der Waals surface area contributed by atoms with Crippen molar-refractivity contribution in [1.82, 2.24) is 0 Å². The van der Waals surface area contributed by atoms with Crippen LogP contribution in [-0.4, -0.2) is 12.5 Å². The van der Waals surface area contributed by atoms with E-state index in [4.69, 9.17) is 4.74 Å². The van der Waals surface area contributed by atoms with Gasteiger partial charge in [0, 0.05) is 6.54 Å². The highest BCUT2D eigenvalue weighted by molar-refractivity contribution is 9.10. The molecule has 0 fully saturated rings. The number of carbonyl (C=O) groups is 1.